The van der Waals surface area contributed by atoms with Crippen LogP contribution in [-0.2, 0) is 0 Å². The molecule has 0 saturated carbocycles. The molecule has 0 N–H and O–H groups in total. The van der Waals surface area contributed by atoms with Crippen molar-refractivity contribution in [2.45, 2.75) is 53.5 Å². The SMILES string of the molecule is CC.CC.CC#CCN1CCN2CCCC2C1. The van der Waals surface area contributed by atoms with Crippen LogP contribution in [0.4, 0.5) is 0 Å². The second-order valence-electron chi connectivity index (χ2n) is 3.99. The highest BCUT2D eigenvalue weighted by molar-refractivity contribution is 4.99. The van der Waals surface area contributed by atoms with Gasteiger partial charge < -0.3 is 0 Å². The van der Waals surface area contributed by atoms with Crippen LogP contribution in [0.25, 0.3) is 0 Å². The summed E-state index contributed by atoms with van der Waals surface area (Å²) >= 11 is 0. The van der Waals surface area contributed by atoms with Crippen LogP contribution in [0.1, 0.15) is 47.5 Å². The van der Waals surface area contributed by atoms with Crippen LogP contribution < -0.4 is 0 Å². The molecule has 2 heterocycles. The zero-order chi connectivity index (χ0) is 13.1. The summed E-state index contributed by atoms with van der Waals surface area (Å²) in [7, 11) is 0. The van der Waals surface area contributed by atoms with Crippen LogP contribution >= 0.6 is 0 Å². The highest BCUT2D eigenvalue weighted by Crippen LogP contribution is 2.20. The number of nitrogens with zero attached hydrogens (tertiary/aromatic N) is 2. The molecule has 2 heteroatoms. The molecule has 2 rings (SSSR count). The molecule has 0 aliphatic carbocycles. The topological polar surface area (TPSA) is 6.48 Å². The van der Waals surface area contributed by atoms with Crippen LogP contribution in [0, 0.1) is 11.8 Å². The van der Waals surface area contributed by atoms with Crippen molar-refractivity contribution in [3.05, 3.63) is 0 Å². The van der Waals surface area contributed by atoms with Gasteiger partial charge in [-0.2, -0.15) is 0 Å². The lowest BCUT2D eigenvalue weighted by atomic mass is 10.1. The minimum absolute atomic E-state index is 0.840. The highest BCUT2D eigenvalue weighted by atomic mass is 15.3. The maximum Gasteiger partial charge on any atom is 0.0602 e. The van der Waals surface area contributed by atoms with Gasteiger partial charge >= 0.3 is 0 Å². The summed E-state index contributed by atoms with van der Waals surface area (Å²) in [4.78, 5) is 5.12. The van der Waals surface area contributed by atoms with E-state index in [-0.39, 0.29) is 0 Å². The lowest BCUT2D eigenvalue weighted by molar-refractivity contribution is 0.115. The first-order chi connectivity index (χ1) is 8.40. The normalized spacial score (nSPS) is 23.2. The molecule has 2 aliphatic heterocycles. The third kappa shape index (κ3) is 5.57. The molecule has 0 aromatic carbocycles. The van der Waals surface area contributed by atoms with Gasteiger partial charge in [0.15, 0.2) is 0 Å². The van der Waals surface area contributed by atoms with Gasteiger partial charge in [0.1, 0.15) is 0 Å². The molecule has 2 saturated heterocycles. The second-order valence-corrected chi connectivity index (χ2v) is 3.99. The third-order valence-corrected chi connectivity index (χ3v) is 3.15. The predicted molar refractivity (Wildman–Crippen MR) is 77.2 cm³/mol. The zero-order valence-electron chi connectivity index (χ0n) is 12.4. The Labute approximate surface area is 108 Å². The minimum atomic E-state index is 0.840. The van der Waals surface area contributed by atoms with Crippen LogP contribution in [0.15, 0.2) is 0 Å². The molecule has 0 aromatic rings. The maximum absolute atomic E-state index is 3.16. The van der Waals surface area contributed by atoms with Crippen molar-refractivity contribution in [3.8, 4) is 11.8 Å². The van der Waals surface area contributed by atoms with Gasteiger partial charge in [-0.05, 0) is 26.3 Å². The van der Waals surface area contributed by atoms with Crippen molar-refractivity contribution < 1.29 is 0 Å². The van der Waals surface area contributed by atoms with Crippen molar-refractivity contribution in [1.29, 1.82) is 0 Å². The van der Waals surface area contributed by atoms with Gasteiger partial charge in [0.05, 0.1) is 6.54 Å². The van der Waals surface area contributed by atoms with E-state index in [0.29, 0.717) is 0 Å². The fraction of sp³-hybridized carbons (Fsp3) is 0.867. The Morgan fingerprint density at radius 2 is 1.76 bits per heavy atom. The van der Waals surface area contributed by atoms with Gasteiger partial charge in [0.2, 0.25) is 0 Å². The van der Waals surface area contributed by atoms with E-state index in [1.54, 1.807) is 0 Å². The molecule has 1 atom stereocenters. The third-order valence-electron chi connectivity index (χ3n) is 3.15. The van der Waals surface area contributed by atoms with Crippen molar-refractivity contribution in [1.82, 2.24) is 9.80 Å². The Morgan fingerprint density at radius 1 is 1.06 bits per heavy atom. The maximum atomic E-state index is 3.16. The van der Waals surface area contributed by atoms with Gasteiger partial charge in [0.25, 0.3) is 0 Å². The minimum Gasteiger partial charge on any atom is -0.298 e. The fourth-order valence-electron chi connectivity index (χ4n) is 2.39. The second kappa shape index (κ2) is 10.6. The molecule has 100 valence electrons. The molecular formula is C15H30N2. The summed E-state index contributed by atoms with van der Waals surface area (Å²) < 4.78 is 0. The van der Waals surface area contributed by atoms with Crippen molar-refractivity contribution in [2.75, 3.05) is 32.7 Å². The smallest absolute Gasteiger partial charge is 0.0602 e. The Balaban J connectivity index is 0.000000581. The number of hydrogen-bond acceptors (Lipinski definition) is 2. The standard InChI is InChI=1S/C11H18N2.2C2H6/c1-2-3-6-12-8-9-13-7-4-5-11(13)10-12;2*1-2/h11H,4-10H2,1H3;2*1-2H3. The van der Waals surface area contributed by atoms with Crippen LogP contribution in [0.5, 0.6) is 0 Å². The van der Waals surface area contributed by atoms with Crippen molar-refractivity contribution >= 4 is 0 Å². The summed E-state index contributed by atoms with van der Waals surface area (Å²) in [5.74, 6) is 6.12. The average molecular weight is 238 g/mol. The molecule has 2 nitrogen and oxygen atoms in total. The Hall–Kier alpha value is -0.520. The Bertz CT molecular complexity index is 227. The predicted octanol–water partition coefficient (Wildman–Crippen LogP) is 2.84. The van der Waals surface area contributed by atoms with E-state index >= 15 is 0 Å². The molecule has 0 amide bonds. The van der Waals surface area contributed by atoms with E-state index < -0.39 is 0 Å². The van der Waals surface area contributed by atoms with Gasteiger partial charge in [-0.25, -0.2) is 0 Å². The molecule has 0 bridgehead atoms. The van der Waals surface area contributed by atoms with Crippen molar-refractivity contribution in [3.63, 3.8) is 0 Å². The monoisotopic (exact) mass is 238 g/mol. The molecule has 1 unspecified atom stereocenters. The van der Waals surface area contributed by atoms with E-state index in [1.165, 1.54) is 39.0 Å². The lowest BCUT2D eigenvalue weighted by Crippen LogP contribution is -2.50. The van der Waals surface area contributed by atoms with Gasteiger partial charge in [0, 0.05) is 25.7 Å². The van der Waals surface area contributed by atoms with Crippen LogP contribution in [0.3, 0.4) is 0 Å². The largest absolute Gasteiger partial charge is 0.298 e. The van der Waals surface area contributed by atoms with Crippen molar-refractivity contribution in [2.24, 2.45) is 0 Å². The average Bonchev–Trinajstić information content (AvgIpc) is 2.88. The number of hydrogen-bond donors (Lipinski definition) is 0. The first-order valence-corrected chi connectivity index (χ1v) is 7.26. The summed E-state index contributed by atoms with van der Waals surface area (Å²) in [6, 6.07) is 0.840. The first kappa shape index (κ1) is 16.5. The molecule has 0 spiro atoms. The van der Waals surface area contributed by atoms with Crippen LogP contribution in [0.2, 0.25) is 0 Å². The first-order valence-electron chi connectivity index (χ1n) is 7.26. The van der Waals surface area contributed by atoms with E-state index in [4.69, 9.17) is 0 Å². The van der Waals surface area contributed by atoms with E-state index in [1.807, 2.05) is 34.6 Å². The van der Waals surface area contributed by atoms with Gasteiger partial charge in [-0.3, -0.25) is 9.80 Å². The quantitative estimate of drug-likeness (QED) is 0.648. The van der Waals surface area contributed by atoms with Crippen LogP contribution in [-0.4, -0.2) is 48.6 Å². The lowest BCUT2D eigenvalue weighted by Gasteiger charge is -2.36. The Kier molecular flexibility index (Phi) is 10.3. The molecule has 0 aromatic heterocycles. The Morgan fingerprint density at radius 3 is 2.41 bits per heavy atom. The summed E-state index contributed by atoms with van der Waals surface area (Å²) in [5.41, 5.74) is 0. The van der Waals surface area contributed by atoms with Gasteiger partial charge in [-0.15, -0.1) is 5.92 Å². The van der Waals surface area contributed by atoms with E-state index in [9.17, 15) is 0 Å². The summed E-state index contributed by atoms with van der Waals surface area (Å²) in [6.07, 6.45) is 2.80. The molecule has 2 aliphatic rings. The molecular weight excluding hydrogens is 208 g/mol. The summed E-state index contributed by atoms with van der Waals surface area (Å²) in [6.45, 7) is 15.9. The zero-order valence-corrected chi connectivity index (χ0v) is 12.4. The number of rotatable bonds is 1. The summed E-state index contributed by atoms with van der Waals surface area (Å²) in [5, 5.41) is 0. The van der Waals surface area contributed by atoms with Gasteiger partial charge in [-0.1, -0.05) is 33.6 Å². The highest BCUT2D eigenvalue weighted by Gasteiger charge is 2.29. The molecule has 0 radical (unpaired) electrons. The molecule has 17 heavy (non-hydrogen) atoms. The number of piperazine rings is 1. The van der Waals surface area contributed by atoms with E-state index in [0.717, 1.165) is 12.6 Å². The molecule has 2 fully saturated rings. The fourth-order valence-corrected chi connectivity index (χ4v) is 2.39. The van der Waals surface area contributed by atoms with E-state index in [2.05, 4.69) is 21.6 Å². The number of fused-ring (bicyclic) bond motifs is 1.